The van der Waals surface area contributed by atoms with Crippen LogP contribution in [0.2, 0.25) is 0 Å². The monoisotopic (exact) mass is 222 g/mol. The molecule has 0 saturated carbocycles. The number of benzene rings is 1. The van der Waals surface area contributed by atoms with Crippen LogP contribution < -0.4 is 10.2 Å². The molecule has 0 aliphatic heterocycles. The van der Waals surface area contributed by atoms with Crippen LogP contribution in [0.15, 0.2) is 24.3 Å². The van der Waals surface area contributed by atoms with Crippen molar-refractivity contribution in [1.29, 1.82) is 0 Å². The van der Waals surface area contributed by atoms with Crippen molar-refractivity contribution < 1.29 is 5.11 Å². The van der Waals surface area contributed by atoms with Gasteiger partial charge in [-0.2, -0.15) is 0 Å². The molecule has 0 aliphatic rings. The third-order valence-electron chi connectivity index (χ3n) is 2.43. The second-order valence-electron chi connectivity index (χ2n) is 4.93. The molecule has 0 aliphatic carbocycles. The summed E-state index contributed by atoms with van der Waals surface area (Å²) in [6, 6.07) is 8.24. The van der Waals surface area contributed by atoms with E-state index in [1.807, 2.05) is 40.1 Å². The molecule has 1 rings (SSSR count). The second kappa shape index (κ2) is 5.21. The van der Waals surface area contributed by atoms with E-state index in [2.05, 4.69) is 22.3 Å². The Bertz CT molecular complexity index is 329. The van der Waals surface area contributed by atoms with Crippen LogP contribution >= 0.6 is 0 Å². The number of aliphatic hydroxyl groups is 1. The summed E-state index contributed by atoms with van der Waals surface area (Å²) in [5, 5.41) is 12.9. The van der Waals surface area contributed by atoms with Crippen molar-refractivity contribution in [2.45, 2.75) is 25.9 Å². The van der Waals surface area contributed by atoms with Crippen LogP contribution in [-0.2, 0) is 0 Å². The fraction of sp³-hybridized carbons (Fsp3) is 0.538. The van der Waals surface area contributed by atoms with E-state index in [1.165, 1.54) is 5.69 Å². The molecular weight excluding hydrogens is 200 g/mol. The van der Waals surface area contributed by atoms with Gasteiger partial charge in [-0.25, -0.2) is 0 Å². The van der Waals surface area contributed by atoms with E-state index in [1.54, 1.807) is 0 Å². The molecule has 0 heterocycles. The Hall–Kier alpha value is -1.22. The summed E-state index contributed by atoms with van der Waals surface area (Å²) in [4.78, 5) is 2.07. The highest BCUT2D eigenvalue weighted by Gasteiger charge is 2.11. The van der Waals surface area contributed by atoms with E-state index in [4.69, 9.17) is 0 Å². The van der Waals surface area contributed by atoms with Gasteiger partial charge in [-0.15, -0.1) is 0 Å². The van der Waals surface area contributed by atoms with Crippen molar-refractivity contribution >= 4 is 11.4 Å². The molecule has 1 aromatic rings. The lowest BCUT2D eigenvalue weighted by Gasteiger charge is -2.18. The van der Waals surface area contributed by atoms with Crippen LogP contribution in [-0.4, -0.2) is 31.3 Å². The molecule has 0 atom stereocenters. The SMILES string of the molecule is CN(C)c1cccc(NCCC(C)(C)O)c1. The third-order valence-corrected chi connectivity index (χ3v) is 2.43. The van der Waals surface area contributed by atoms with Gasteiger partial charge in [-0.1, -0.05) is 6.07 Å². The molecule has 16 heavy (non-hydrogen) atoms. The smallest absolute Gasteiger partial charge is 0.0608 e. The number of anilines is 2. The molecule has 0 bridgehead atoms. The molecular formula is C13H22N2O. The van der Waals surface area contributed by atoms with Gasteiger partial charge in [-0.3, -0.25) is 0 Å². The Labute approximate surface area is 98.1 Å². The van der Waals surface area contributed by atoms with Crippen LogP contribution in [0.5, 0.6) is 0 Å². The zero-order chi connectivity index (χ0) is 12.2. The highest BCUT2D eigenvalue weighted by Crippen LogP contribution is 2.17. The lowest BCUT2D eigenvalue weighted by atomic mass is 10.1. The molecule has 90 valence electrons. The summed E-state index contributed by atoms with van der Waals surface area (Å²) < 4.78 is 0. The van der Waals surface area contributed by atoms with Crippen molar-refractivity contribution in [3.8, 4) is 0 Å². The summed E-state index contributed by atoms with van der Waals surface area (Å²) in [5.41, 5.74) is 1.66. The summed E-state index contributed by atoms with van der Waals surface area (Å²) in [6.07, 6.45) is 0.735. The van der Waals surface area contributed by atoms with Crippen molar-refractivity contribution in [2.75, 3.05) is 30.9 Å². The first-order valence-corrected chi connectivity index (χ1v) is 5.62. The lowest BCUT2D eigenvalue weighted by Crippen LogP contribution is -2.22. The predicted octanol–water partition coefficient (Wildman–Crippen LogP) is 2.33. The number of nitrogens with one attached hydrogen (secondary N) is 1. The predicted molar refractivity (Wildman–Crippen MR) is 70.2 cm³/mol. The van der Waals surface area contributed by atoms with Gasteiger partial charge < -0.3 is 15.3 Å². The minimum absolute atomic E-state index is 0.605. The summed E-state index contributed by atoms with van der Waals surface area (Å²) in [6.45, 7) is 4.43. The zero-order valence-electron chi connectivity index (χ0n) is 10.6. The third kappa shape index (κ3) is 4.53. The van der Waals surface area contributed by atoms with Gasteiger partial charge in [0.05, 0.1) is 5.60 Å². The Kier molecular flexibility index (Phi) is 4.19. The van der Waals surface area contributed by atoms with Crippen molar-refractivity contribution in [3.63, 3.8) is 0 Å². The van der Waals surface area contributed by atoms with Crippen LogP contribution in [0, 0.1) is 0 Å². The molecule has 0 spiro atoms. The van der Waals surface area contributed by atoms with Crippen molar-refractivity contribution in [1.82, 2.24) is 0 Å². The standard InChI is InChI=1S/C13H22N2O/c1-13(2,16)8-9-14-11-6-5-7-12(10-11)15(3)4/h5-7,10,14,16H,8-9H2,1-4H3. The summed E-state index contributed by atoms with van der Waals surface area (Å²) in [5.74, 6) is 0. The Morgan fingerprint density at radius 1 is 1.31 bits per heavy atom. The zero-order valence-corrected chi connectivity index (χ0v) is 10.6. The van der Waals surface area contributed by atoms with Crippen LogP contribution in [0.3, 0.4) is 0 Å². The summed E-state index contributed by atoms with van der Waals surface area (Å²) >= 11 is 0. The normalized spacial score (nSPS) is 11.3. The minimum atomic E-state index is -0.605. The van der Waals surface area contributed by atoms with E-state index in [9.17, 15) is 5.11 Å². The van der Waals surface area contributed by atoms with Gasteiger partial charge in [0.15, 0.2) is 0 Å². The van der Waals surface area contributed by atoms with E-state index < -0.39 is 5.60 Å². The Balaban J connectivity index is 2.51. The first-order valence-electron chi connectivity index (χ1n) is 5.62. The van der Waals surface area contributed by atoms with E-state index in [-0.39, 0.29) is 0 Å². The Morgan fingerprint density at radius 2 is 2.00 bits per heavy atom. The number of rotatable bonds is 5. The minimum Gasteiger partial charge on any atom is -0.390 e. The van der Waals surface area contributed by atoms with E-state index in [0.29, 0.717) is 0 Å². The maximum Gasteiger partial charge on any atom is 0.0608 e. The maximum atomic E-state index is 9.59. The van der Waals surface area contributed by atoms with Crippen LogP contribution in [0.1, 0.15) is 20.3 Å². The maximum absolute atomic E-state index is 9.59. The molecule has 0 fully saturated rings. The molecule has 3 nitrogen and oxygen atoms in total. The van der Waals surface area contributed by atoms with Crippen molar-refractivity contribution in [3.05, 3.63) is 24.3 Å². The first kappa shape index (κ1) is 12.8. The van der Waals surface area contributed by atoms with Gasteiger partial charge in [-0.05, 0) is 38.5 Å². The van der Waals surface area contributed by atoms with Gasteiger partial charge in [0, 0.05) is 32.0 Å². The topological polar surface area (TPSA) is 35.5 Å². The van der Waals surface area contributed by atoms with Gasteiger partial charge in [0.2, 0.25) is 0 Å². The fourth-order valence-corrected chi connectivity index (χ4v) is 1.41. The number of hydrogen-bond acceptors (Lipinski definition) is 3. The van der Waals surface area contributed by atoms with E-state index in [0.717, 1.165) is 18.7 Å². The Morgan fingerprint density at radius 3 is 2.56 bits per heavy atom. The lowest BCUT2D eigenvalue weighted by molar-refractivity contribution is 0.0749. The van der Waals surface area contributed by atoms with Crippen LogP contribution in [0.25, 0.3) is 0 Å². The average molecular weight is 222 g/mol. The largest absolute Gasteiger partial charge is 0.390 e. The molecule has 0 amide bonds. The fourth-order valence-electron chi connectivity index (χ4n) is 1.41. The molecule has 0 saturated heterocycles. The van der Waals surface area contributed by atoms with Gasteiger partial charge in [0.25, 0.3) is 0 Å². The highest BCUT2D eigenvalue weighted by molar-refractivity contribution is 5.57. The second-order valence-corrected chi connectivity index (χ2v) is 4.93. The van der Waals surface area contributed by atoms with Crippen LogP contribution in [0.4, 0.5) is 11.4 Å². The molecule has 1 aromatic carbocycles. The quantitative estimate of drug-likeness (QED) is 0.802. The molecule has 0 unspecified atom stereocenters. The van der Waals surface area contributed by atoms with Crippen molar-refractivity contribution in [2.24, 2.45) is 0 Å². The summed E-state index contributed by atoms with van der Waals surface area (Å²) in [7, 11) is 4.05. The average Bonchev–Trinajstić information content (AvgIpc) is 2.16. The van der Waals surface area contributed by atoms with Gasteiger partial charge in [0.1, 0.15) is 0 Å². The highest BCUT2D eigenvalue weighted by atomic mass is 16.3. The molecule has 2 N–H and O–H groups in total. The molecule has 0 aromatic heterocycles. The first-order chi connectivity index (χ1) is 7.38. The van der Waals surface area contributed by atoms with Gasteiger partial charge >= 0.3 is 0 Å². The molecule has 3 heteroatoms. The molecule has 0 radical (unpaired) electrons. The number of hydrogen-bond donors (Lipinski definition) is 2. The van der Waals surface area contributed by atoms with E-state index >= 15 is 0 Å². The number of nitrogens with zero attached hydrogens (tertiary/aromatic N) is 1.